The van der Waals surface area contributed by atoms with Gasteiger partial charge < -0.3 is 14.6 Å². The van der Waals surface area contributed by atoms with Gasteiger partial charge in [0.15, 0.2) is 17.3 Å². The number of nitrogens with zero attached hydrogens (tertiary/aromatic N) is 2. The number of rotatable bonds is 2. The fraction of sp³-hybridized carbons (Fsp3) is 0.286. The standard InChI is InChI=1S/C14H14N2O3/c1-14(2,17)13-15-6-5-10(16-13)9-3-4-11-12(7-9)19-8-18-11/h3-7,17H,8H2,1-2H3. The maximum Gasteiger partial charge on any atom is 0.231 e. The van der Waals surface area contributed by atoms with E-state index in [1.54, 1.807) is 26.1 Å². The second-order valence-corrected chi connectivity index (χ2v) is 4.89. The summed E-state index contributed by atoms with van der Waals surface area (Å²) in [6.45, 7) is 3.56. The van der Waals surface area contributed by atoms with Crippen LogP contribution >= 0.6 is 0 Å². The summed E-state index contributed by atoms with van der Waals surface area (Å²) in [6.07, 6.45) is 1.64. The van der Waals surface area contributed by atoms with Crippen molar-refractivity contribution < 1.29 is 14.6 Å². The number of hydrogen-bond acceptors (Lipinski definition) is 5. The Labute approximate surface area is 110 Å². The van der Waals surface area contributed by atoms with Crippen LogP contribution < -0.4 is 9.47 Å². The first kappa shape index (κ1) is 11.9. The third-order valence-corrected chi connectivity index (χ3v) is 2.87. The highest BCUT2D eigenvalue weighted by atomic mass is 16.7. The van der Waals surface area contributed by atoms with Gasteiger partial charge in [0.1, 0.15) is 5.60 Å². The van der Waals surface area contributed by atoms with Gasteiger partial charge in [0, 0.05) is 11.8 Å². The van der Waals surface area contributed by atoms with Crippen LogP contribution in [0.1, 0.15) is 19.7 Å². The van der Waals surface area contributed by atoms with E-state index in [4.69, 9.17) is 9.47 Å². The summed E-state index contributed by atoms with van der Waals surface area (Å²) in [5.74, 6) is 1.84. The normalized spacial score (nSPS) is 13.6. The number of aromatic nitrogens is 2. The molecule has 0 saturated carbocycles. The van der Waals surface area contributed by atoms with Gasteiger partial charge >= 0.3 is 0 Å². The van der Waals surface area contributed by atoms with Crippen LogP contribution in [0.25, 0.3) is 11.3 Å². The molecule has 2 heterocycles. The number of ether oxygens (including phenoxy) is 2. The lowest BCUT2D eigenvalue weighted by atomic mass is 10.1. The van der Waals surface area contributed by atoms with Crippen LogP contribution in [-0.4, -0.2) is 21.9 Å². The lowest BCUT2D eigenvalue weighted by molar-refractivity contribution is 0.0688. The summed E-state index contributed by atoms with van der Waals surface area (Å²) in [4.78, 5) is 8.47. The molecule has 0 bridgehead atoms. The average molecular weight is 258 g/mol. The molecule has 0 amide bonds. The first-order chi connectivity index (χ1) is 9.04. The molecule has 0 unspecified atom stereocenters. The van der Waals surface area contributed by atoms with Gasteiger partial charge in [0.2, 0.25) is 6.79 Å². The van der Waals surface area contributed by atoms with Gasteiger partial charge in [0.05, 0.1) is 5.69 Å². The molecule has 0 fully saturated rings. The van der Waals surface area contributed by atoms with E-state index in [2.05, 4.69) is 9.97 Å². The quantitative estimate of drug-likeness (QED) is 0.893. The summed E-state index contributed by atoms with van der Waals surface area (Å²) in [7, 11) is 0. The van der Waals surface area contributed by atoms with Crippen LogP contribution in [0, 0.1) is 0 Å². The molecule has 5 heteroatoms. The predicted molar refractivity (Wildman–Crippen MR) is 68.8 cm³/mol. The van der Waals surface area contributed by atoms with E-state index < -0.39 is 5.60 Å². The Morgan fingerprint density at radius 2 is 1.95 bits per heavy atom. The zero-order chi connectivity index (χ0) is 13.5. The van der Waals surface area contributed by atoms with Crippen LogP contribution in [0.3, 0.4) is 0 Å². The van der Waals surface area contributed by atoms with Crippen LogP contribution in [0.5, 0.6) is 11.5 Å². The maximum absolute atomic E-state index is 9.95. The van der Waals surface area contributed by atoms with Gasteiger partial charge in [0.25, 0.3) is 0 Å². The highest BCUT2D eigenvalue weighted by molar-refractivity contribution is 5.64. The lowest BCUT2D eigenvalue weighted by Crippen LogP contribution is -2.19. The van der Waals surface area contributed by atoms with E-state index >= 15 is 0 Å². The fourth-order valence-electron chi connectivity index (χ4n) is 1.87. The van der Waals surface area contributed by atoms with Gasteiger partial charge in [-0.05, 0) is 38.1 Å². The molecular formula is C14H14N2O3. The van der Waals surface area contributed by atoms with E-state index in [1.807, 2.05) is 18.2 Å². The number of hydrogen-bond donors (Lipinski definition) is 1. The largest absolute Gasteiger partial charge is 0.454 e. The zero-order valence-corrected chi connectivity index (χ0v) is 10.8. The van der Waals surface area contributed by atoms with Crippen LogP contribution in [-0.2, 0) is 5.60 Å². The molecule has 1 N–H and O–H groups in total. The summed E-state index contributed by atoms with van der Waals surface area (Å²) >= 11 is 0. The monoisotopic (exact) mass is 258 g/mol. The van der Waals surface area contributed by atoms with Crippen LogP contribution in [0.2, 0.25) is 0 Å². The van der Waals surface area contributed by atoms with Crippen LogP contribution in [0.4, 0.5) is 0 Å². The molecule has 0 spiro atoms. The van der Waals surface area contributed by atoms with E-state index in [-0.39, 0.29) is 6.79 Å². The van der Waals surface area contributed by atoms with Crippen molar-refractivity contribution in [3.63, 3.8) is 0 Å². The molecule has 0 radical (unpaired) electrons. The van der Waals surface area contributed by atoms with Gasteiger partial charge in [-0.15, -0.1) is 0 Å². The summed E-state index contributed by atoms with van der Waals surface area (Å²) < 4.78 is 10.6. The lowest BCUT2D eigenvalue weighted by Gasteiger charge is -2.15. The second kappa shape index (κ2) is 4.20. The average Bonchev–Trinajstić information content (AvgIpc) is 2.85. The highest BCUT2D eigenvalue weighted by Gasteiger charge is 2.20. The first-order valence-corrected chi connectivity index (χ1v) is 6.00. The van der Waals surface area contributed by atoms with E-state index in [1.165, 1.54) is 0 Å². The molecule has 2 aromatic rings. The number of fused-ring (bicyclic) bond motifs is 1. The molecule has 1 aromatic carbocycles. The van der Waals surface area contributed by atoms with E-state index in [0.717, 1.165) is 17.0 Å². The van der Waals surface area contributed by atoms with Crippen molar-refractivity contribution in [1.82, 2.24) is 9.97 Å². The Kier molecular flexibility index (Phi) is 2.64. The summed E-state index contributed by atoms with van der Waals surface area (Å²) in [5.41, 5.74) is 0.578. The van der Waals surface area contributed by atoms with Gasteiger partial charge in [-0.25, -0.2) is 9.97 Å². The van der Waals surface area contributed by atoms with Crippen molar-refractivity contribution in [2.24, 2.45) is 0 Å². The van der Waals surface area contributed by atoms with Crippen molar-refractivity contribution in [3.8, 4) is 22.8 Å². The Morgan fingerprint density at radius 3 is 2.74 bits per heavy atom. The van der Waals surface area contributed by atoms with Gasteiger partial charge in [-0.2, -0.15) is 0 Å². The first-order valence-electron chi connectivity index (χ1n) is 6.00. The molecule has 98 valence electrons. The molecule has 0 saturated heterocycles. The molecular weight excluding hydrogens is 244 g/mol. The Balaban J connectivity index is 2.03. The highest BCUT2D eigenvalue weighted by Crippen LogP contribution is 2.35. The van der Waals surface area contributed by atoms with Crippen molar-refractivity contribution in [2.45, 2.75) is 19.4 Å². The van der Waals surface area contributed by atoms with Crippen molar-refractivity contribution >= 4 is 0 Å². The minimum absolute atomic E-state index is 0.248. The fourth-order valence-corrected chi connectivity index (χ4v) is 1.87. The molecule has 3 rings (SSSR count). The van der Waals surface area contributed by atoms with Crippen molar-refractivity contribution in [2.75, 3.05) is 6.79 Å². The zero-order valence-electron chi connectivity index (χ0n) is 10.8. The Morgan fingerprint density at radius 1 is 1.16 bits per heavy atom. The SMILES string of the molecule is CC(C)(O)c1nccc(-c2ccc3c(c2)OCO3)n1. The molecule has 5 nitrogen and oxygen atoms in total. The minimum Gasteiger partial charge on any atom is -0.454 e. The third kappa shape index (κ3) is 2.24. The van der Waals surface area contributed by atoms with Gasteiger partial charge in [-0.3, -0.25) is 0 Å². The second-order valence-electron chi connectivity index (χ2n) is 4.89. The van der Waals surface area contributed by atoms with Gasteiger partial charge in [-0.1, -0.05) is 0 Å². The third-order valence-electron chi connectivity index (χ3n) is 2.87. The van der Waals surface area contributed by atoms with Crippen molar-refractivity contribution in [3.05, 3.63) is 36.3 Å². The molecule has 19 heavy (non-hydrogen) atoms. The summed E-state index contributed by atoms with van der Waals surface area (Å²) in [6, 6.07) is 7.43. The summed E-state index contributed by atoms with van der Waals surface area (Å²) in [5, 5.41) is 9.95. The molecule has 1 aromatic heterocycles. The number of benzene rings is 1. The van der Waals surface area contributed by atoms with E-state index in [9.17, 15) is 5.11 Å². The smallest absolute Gasteiger partial charge is 0.231 e. The predicted octanol–water partition coefficient (Wildman–Crippen LogP) is 2.10. The molecule has 1 aliphatic rings. The Hall–Kier alpha value is -2.14. The molecule has 1 aliphatic heterocycles. The number of aliphatic hydroxyl groups is 1. The molecule has 0 aliphatic carbocycles. The van der Waals surface area contributed by atoms with Crippen molar-refractivity contribution in [1.29, 1.82) is 0 Å². The van der Waals surface area contributed by atoms with Crippen LogP contribution in [0.15, 0.2) is 30.5 Å². The topological polar surface area (TPSA) is 64.5 Å². The Bertz CT molecular complexity index is 620. The van der Waals surface area contributed by atoms with E-state index in [0.29, 0.717) is 11.6 Å². The minimum atomic E-state index is -1.06. The maximum atomic E-state index is 9.95. The molecule has 0 atom stereocenters.